The van der Waals surface area contributed by atoms with E-state index in [0.717, 1.165) is 5.56 Å². The highest BCUT2D eigenvalue weighted by atomic mass is 16.4. The number of hydrogen-bond donors (Lipinski definition) is 3. The fraction of sp³-hybridized carbons (Fsp3) is 0.429. The smallest absolute Gasteiger partial charge is 0.326 e. The molecule has 19 heavy (non-hydrogen) atoms. The van der Waals surface area contributed by atoms with Crippen molar-refractivity contribution in [1.29, 1.82) is 0 Å². The lowest BCUT2D eigenvalue weighted by Crippen LogP contribution is -2.52. The monoisotopic (exact) mass is 264 g/mol. The minimum atomic E-state index is -1.04. The van der Waals surface area contributed by atoms with Crippen LogP contribution >= 0.6 is 0 Å². The standard InChI is InChI=1S/C14H20N2O3/c1-14(2,3)11(12(17)18)16-13(19)15-9-10-7-5-4-6-8-10/h4-8,11H,9H2,1-3H3,(H,17,18)(H2,15,16,19)/t11-/m1/s1. The van der Waals surface area contributed by atoms with Gasteiger partial charge in [-0.05, 0) is 11.0 Å². The van der Waals surface area contributed by atoms with Crippen LogP contribution in [-0.4, -0.2) is 23.1 Å². The van der Waals surface area contributed by atoms with Crippen molar-refractivity contribution in [2.75, 3.05) is 0 Å². The van der Waals surface area contributed by atoms with Gasteiger partial charge in [0.05, 0.1) is 0 Å². The first kappa shape index (κ1) is 15.0. The van der Waals surface area contributed by atoms with E-state index < -0.39 is 23.5 Å². The highest BCUT2D eigenvalue weighted by Crippen LogP contribution is 2.19. The number of carbonyl (C=O) groups is 2. The van der Waals surface area contributed by atoms with Crippen molar-refractivity contribution in [1.82, 2.24) is 10.6 Å². The molecule has 0 aliphatic rings. The van der Waals surface area contributed by atoms with Gasteiger partial charge < -0.3 is 15.7 Å². The van der Waals surface area contributed by atoms with Gasteiger partial charge in [-0.25, -0.2) is 9.59 Å². The van der Waals surface area contributed by atoms with Gasteiger partial charge in [-0.1, -0.05) is 51.1 Å². The molecule has 0 spiro atoms. The van der Waals surface area contributed by atoms with E-state index in [-0.39, 0.29) is 0 Å². The van der Waals surface area contributed by atoms with Gasteiger partial charge in [0.15, 0.2) is 0 Å². The molecule has 1 rings (SSSR count). The number of urea groups is 1. The average Bonchev–Trinajstić information content (AvgIpc) is 2.33. The molecule has 1 atom stereocenters. The van der Waals surface area contributed by atoms with Crippen LogP contribution in [0.4, 0.5) is 4.79 Å². The Hall–Kier alpha value is -2.04. The minimum Gasteiger partial charge on any atom is -0.480 e. The molecule has 5 heteroatoms. The molecule has 3 N–H and O–H groups in total. The van der Waals surface area contributed by atoms with E-state index in [1.165, 1.54) is 0 Å². The molecule has 1 aromatic carbocycles. The maximum absolute atomic E-state index is 11.7. The van der Waals surface area contributed by atoms with Crippen LogP contribution in [0.3, 0.4) is 0 Å². The van der Waals surface area contributed by atoms with E-state index in [1.807, 2.05) is 30.3 Å². The number of nitrogens with one attached hydrogen (secondary N) is 2. The van der Waals surface area contributed by atoms with E-state index in [0.29, 0.717) is 6.54 Å². The van der Waals surface area contributed by atoms with Crippen LogP contribution in [-0.2, 0) is 11.3 Å². The van der Waals surface area contributed by atoms with Crippen molar-refractivity contribution in [3.63, 3.8) is 0 Å². The van der Waals surface area contributed by atoms with Crippen LogP contribution in [0.25, 0.3) is 0 Å². The number of carboxylic acids is 1. The lowest BCUT2D eigenvalue weighted by molar-refractivity contribution is -0.141. The molecule has 2 amide bonds. The van der Waals surface area contributed by atoms with Crippen LogP contribution in [0.5, 0.6) is 0 Å². The molecule has 0 bridgehead atoms. The molecular formula is C14H20N2O3. The summed E-state index contributed by atoms with van der Waals surface area (Å²) >= 11 is 0. The van der Waals surface area contributed by atoms with Crippen LogP contribution in [0.15, 0.2) is 30.3 Å². The Morgan fingerprint density at radius 1 is 1.21 bits per heavy atom. The first-order chi connectivity index (χ1) is 8.80. The predicted molar refractivity (Wildman–Crippen MR) is 72.7 cm³/mol. The van der Waals surface area contributed by atoms with E-state index in [9.17, 15) is 9.59 Å². The number of rotatable bonds is 4. The molecule has 0 heterocycles. The van der Waals surface area contributed by atoms with Crippen molar-refractivity contribution in [3.05, 3.63) is 35.9 Å². The van der Waals surface area contributed by atoms with E-state index >= 15 is 0 Å². The second-order valence-corrected chi connectivity index (χ2v) is 5.45. The molecular weight excluding hydrogens is 244 g/mol. The molecule has 0 unspecified atom stereocenters. The maximum atomic E-state index is 11.7. The van der Waals surface area contributed by atoms with E-state index in [4.69, 9.17) is 5.11 Å². The van der Waals surface area contributed by atoms with Crippen molar-refractivity contribution in [2.45, 2.75) is 33.4 Å². The summed E-state index contributed by atoms with van der Waals surface area (Å²) in [6, 6.07) is 8.02. The van der Waals surface area contributed by atoms with E-state index in [2.05, 4.69) is 10.6 Å². The van der Waals surface area contributed by atoms with Crippen LogP contribution in [0.2, 0.25) is 0 Å². The van der Waals surface area contributed by atoms with Crippen molar-refractivity contribution in [3.8, 4) is 0 Å². The normalized spacial score (nSPS) is 12.6. The zero-order chi connectivity index (χ0) is 14.5. The Bertz CT molecular complexity index is 438. The van der Waals surface area contributed by atoms with Crippen LogP contribution in [0.1, 0.15) is 26.3 Å². The molecule has 0 saturated carbocycles. The number of carboxylic acid groups (broad SMARTS) is 1. The van der Waals surface area contributed by atoms with Gasteiger partial charge in [0.2, 0.25) is 0 Å². The third kappa shape index (κ3) is 4.99. The summed E-state index contributed by atoms with van der Waals surface area (Å²) in [5, 5.41) is 14.2. The first-order valence-corrected chi connectivity index (χ1v) is 6.12. The van der Waals surface area contributed by atoms with Gasteiger partial charge in [0.25, 0.3) is 0 Å². The number of hydrogen-bond acceptors (Lipinski definition) is 2. The Morgan fingerprint density at radius 2 is 1.79 bits per heavy atom. The highest BCUT2D eigenvalue weighted by molar-refractivity contribution is 5.83. The summed E-state index contributed by atoms with van der Waals surface area (Å²) in [7, 11) is 0. The third-order valence-electron chi connectivity index (χ3n) is 2.68. The summed E-state index contributed by atoms with van der Waals surface area (Å²) < 4.78 is 0. The largest absolute Gasteiger partial charge is 0.480 e. The van der Waals surface area contributed by atoms with Gasteiger partial charge >= 0.3 is 12.0 Å². The maximum Gasteiger partial charge on any atom is 0.326 e. The number of aliphatic carboxylic acids is 1. The Balaban J connectivity index is 2.52. The molecule has 0 radical (unpaired) electrons. The van der Waals surface area contributed by atoms with Crippen molar-refractivity contribution in [2.24, 2.45) is 5.41 Å². The van der Waals surface area contributed by atoms with Gasteiger partial charge in [-0.2, -0.15) is 0 Å². The molecule has 5 nitrogen and oxygen atoms in total. The number of carbonyl (C=O) groups excluding carboxylic acids is 1. The lowest BCUT2D eigenvalue weighted by atomic mass is 9.87. The second-order valence-electron chi connectivity index (χ2n) is 5.45. The number of amides is 2. The SMILES string of the molecule is CC(C)(C)[C@H](NC(=O)NCc1ccccc1)C(=O)O. The second kappa shape index (κ2) is 6.22. The zero-order valence-electron chi connectivity index (χ0n) is 11.4. The lowest BCUT2D eigenvalue weighted by Gasteiger charge is -2.27. The fourth-order valence-electron chi connectivity index (χ4n) is 1.61. The Labute approximate surface area is 113 Å². The van der Waals surface area contributed by atoms with Gasteiger partial charge in [0, 0.05) is 6.54 Å². The molecule has 0 fully saturated rings. The van der Waals surface area contributed by atoms with Crippen LogP contribution in [0, 0.1) is 5.41 Å². The molecule has 0 aromatic heterocycles. The molecule has 0 aliphatic heterocycles. The van der Waals surface area contributed by atoms with Gasteiger partial charge in [-0.15, -0.1) is 0 Å². The minimum absolute atomic E-state index is 0.364. The first-order valence-electron chi connectivity index (χ1n) is 6.12. The Morgan fingerprint density at radius 3 is 2.26 bits per heavy atom. The summed E-state index contributed by atoms with van der Waals surface area (Å²) in [5.74, 6) is -1.04. The average molecular weight is 264 g/mol. The molecule has 0 aliphatic carbocycles. The quantitative estimate of drug-likeness (QED) is 0.778. The van der Waals surface area contributed by atoms with Gasteiger partial charge in [-0.3, -0.25) is 0 Å². The zero-order valence-corrected chi connectivity index (χ0v) is 11.4. The summed E-state index contributed by atoms with van der Waals surface area (Å²) in [5.41, 5.74) is 0.413. The third-order valence-corrected chi connectivity index (χ3v) is 2.68. The van der Waals surface area contributed by atoms with Crippen molar-refractivity contribution < 1.29 is 14.7 Å². The van der Waals surface area contributed by atoms with Crippen LogP contribution < -0.4 is 10.6 Å². The topological polar surface area (TPSA) is 78.4 Å². The summed E-state index contributed by atoms with van der Waals surface area (Å²) in [6.45, 7) is 5.67. The fourth-order valence-corrected chi connectivity index (χ4v) is 1.61. The highest BCUT2D eigenvalue weighted by Gasteiger charge is 2.32. The summed E-state index contributed by atoms with van der Waals surface area (Å²) in [4.78, 5) is 22.8. The molecule has 0 saturated heterocycles. The van der Waals surface area contributed by atoms with Crippen molar-refractivity contribution >= 4 is 12.0 Å². The summed E-state index contributed by atoms with van der Waals surface area (Å²) in [6.07, 6.45) is 0. The molecule has 104 valence electrons. The predicted octanol–water partition coefficient (Wildman–Crippen LogP) is 1.99. The Kier molecular flexibility index (Phi) is 4.92. The van der Waals surface area contributed by atoms with E-state index in [1.54, 1.807) is 20.8 Å². The molecule has 1 aromatic rings. The number of benzene rings is 1. The van der Waals surface area contributed by atoms with Gasteiger partial charge in [0.1, 0.15) is 6.04 Å².